The van der Waals surface area contributed by atoms with E-state index in [-0.39, 0.29) is 30.1 Å². The van der Waals surface area contributed by atoms with Crippen molar-refractivity contribution in [1.82, 2.24) is 19.6 Å². The molecular weight excluding hydrogens is 388 g/mol. The van der Waals surface area contributed by atoms with Crippen molar-refractivity contribution in [3.8, 4) is 0 Å². The number of hydrogen-bond donors (Lipinski definition) is 0. The molecule has 166 valence electrons. The summed E-state index contributed by atoms with van der Waals surface area (Å²) < 4.78 is 19.2. The van der Waals surface area contributed by atoms with Gasteiger partial charge in [0.05, 0.1) is 36.7 Å². The normalized spacial score (nSPS) is 24.2. The number of morpholine rings is 1. The zero-order chi connectivity index (χ0) is 21.0. The molecule has 1 aromatic rings. The summed E-state index contributed by atoms with van der Waals surface area (Å²) in [5.41, 5.74) is 0.384. The molecule has 3 aliphatic heterocycles. The van der Waals surface area contributed by atoms with Gasteiger partial charge in [-0.3, -0.25) is 14.3 Å². The summed E-state index contributed by atoms with van der Waals surface area (Å²) in [7, 11) is 0. The molecule has 3 saturated heterocycles. The van der Waals surface area contributed by atoms with Crippen molar-refractivity contribution in [2.75, 3.05) is 52.6 Å². The first-order valence-corrected chi connectivity index (χ1v) is 11.0. The molecule has 9 heteroatoms. The molecule has 1 unspecified atom stereocenters. The van der Waals surface area contributed by atoms with Gasteiger partial charge in [0.25, 0.3) is 5.91 Å². The van der Waals surface area contributed by atoms with E-state index in [1.54, 1.807) is 17.1 Å². The Balaban J connectivity index is 1.26. The van der Waals surface area contributed by atoms with Crippen LogP contribution < -0.4 is 0 Å². The minimum absolute atomic E-state index is 0.0220. The van der Waals surface area contributed by atoms with Crippen molar-refractivity contribution in [3.05, 3.63) is 18.0 Å². The Hall–Kier alpha value is -1.97. The number of amides is 2. The minimum Gasteiger partial charge on any atom is -0.378 e. The van der Waals surface area contributed by atoms with Gasteiger partial charge in [0.2, 0.25) is 5.91 Å². The monoisotopic (exact) mass is 420 g/mol. The Labute approximate surface area is 177 Å². The third-order valence-electron chi connectivity index (χ3n) is 6.42. The van der Waals surface area contributed by atoms with Gasteiger partial charge in [-0.05, 0) is 26.2 Å². The van der Waals surface area contributed by atoms with E-state index in [1.807, 2.05) is 16.7 Å². The van der Waals surface area contributed by atoms with Gasteiger partial charge in [-0.15, -0.1) is 0 Å². The molecule has 4 rings (SSSR count). The topological polar surface area (TPSA) is 86.1 Å². The highest BCUT2D eigenvalue weighted by molar-refractivity contribution is 5.93. The number of rotatable bonds is 5. The first-order valence-electron chi connectivity index (χ1n) is 11.0. The molecule has 3 aliphatic rings. The lowest BCUT2D eigenvalue weighted by molar-refractivity contribution is -0.163. The van der Waals surface area contributed by atoms with Gasteiger partial charge in [-0.25, -0.2) is 0 Å². The predicted molar refractivity (Wildman–Crippen MR) is 108 cm³/mol. The number of ether oxygens (including phenoxy) is 3. The molecule has 9 nitrogen and oxygen atoms in total. The average Bonchev–Trinajstić information content (AvgIpc) is 3.28. The van der Waals surface area contributed by atoms with Gasteiger partial charge in [-0.2, -0.15) is 5.10 Å². The van der Waals surface area contributed by atoms with E-state index in [9.17, 15) is 9.59 Å². The van der Waals surface area contributed by atoms with Crippen LogP contribution in [0.2, 0.25) is 0 Å². The van der Waals surface area contributed by atoms with Crippen LogP contribution in [0.25, 0.3) is 0 Å². The lowest BCUT2D eigenvalue weighted by atomic mass is 9.83. The van der Waals surface area contributed by atoms with Crippen LogP contribution in [-0.4, -0.2) is 95.7 Å². The van der Waals surface area contributed by atoms with Crippen molar-refractivity contribution < 1.29 is 23.8 Å². The van der Waals surface area contributed by atoms with Gasteiger partial charge < -0.3 is 24.0 Å². The van der Waals surface area contributed by atoms with Crippen LogP contribution in [0.3, 0.4) is 0 Å². The number of carbonyl (C=O) groups excluding carboxylic acids is 2. The first kappa shape index (κ1) is 21.3. The number of carbonyl (C=O) groups is 2. The first-order chi connectivity index (χ1) is 14.6. The molecule has 1 aromatic heterocycles. The number of aromatic nitrogens is 2. The maximum absolute atomic E-state index is 12.7. The minimum atomic E-state index is -0.255. The maximum atomic E-state index is 12.7. The fourth-order valence-electron chi connectivity index (χ4n) is 4.51. The highest BCUT2D eigenvalue weighted by Crippen LogP contribution is 2.36. The summed E-state index contributed by atoms with van der Waals surface area (Å²) in [5, 5.41) is 4.20. The molecule has 3 fully saturated rings. The third kappa shape index (κ3) is 4.84. The molecule has 0 saturated carbocycles. The molecule has 1 atom stereocenters. The summed E-state index contributed by atoms with van der Waals surface area (Å²) in [6.45, 7) is 7.30. The molecule has 0 aliphatic carbocycles. The third-order valence-corrected chi connectivity index (χ3v) is 6.42. The van der Waals surface area contributed by atoms with Gasteiger partial charge >= 0.3 is 0 Å². The van der Waals surface area contributed by atoms with Crippen LogP contribution in [-0.2, 0) is 25.5 Å². The quantitative estimate of drug-likeness (QED) is 0.705. The number of hydrogen-bond acceptors (Lipinski definition) is 6. The van der Waals surface area contributed by atoms with E-state index >= 15 is 0 Å². The van der Waals surface area contributed by atoms with Crippen molar-refractivity contribution in [2.45, 2.75) is 50.9 Å². The van der Waals surface area contributed by atoms with Crippen molar-refractivity contribution in [2.24, 2.45) is 0 Å². The maximum Gasteiger partial charge on any atom is 0.257 e. The van der Waals surface area contributed by atoms with Gasteiger partial charge in [0, 0.05) is 51.9 Å². The molecule has 2 amide bonds. The Kier molecular flexibility index (Phi) is 6.70. The Morgan fingerprint density at radius 2 is 1.93 bits per heavy atom. The summed E-state index contributed by atoms with van der Waals surface area (Å²) in [6.07, 6.45) is 6.63. The van der Waals surface area contributed by atoms with Crippen molar-refractivity contribution in [1.29, 1.82) is 0 Å². The number of likely N-dealkylation sites (tertiary alicyclic amines) is 1. The molecule has 1 spiro atoms. The van der Waals surface area contributed by atoms with Crippen LogP contribution in [0.15, 0.2) is 12.4 Å². The number of piperidine rings is 1. The number of nitrogens with zero attached hydrogens (tertiary/aromatic N) is 4. The van der Waals surface area contributed by atoms with E-state index in [4.69, 9.17) is 14.2 Å². The molecular formula is C21H32N4O5. The van der Waals surface area contributed by atoms with Gasteiger partial charge in [-0.1, -0.05) is 0 Å². The second-order valence-corrected chi connectivity index (χ2v) is 8.33. The molecule has 0 N–H and O–H groups in total. The van der Waals surface area contributed by atoms with E-state index < -0.39 is 0 Å². The van der Waals surface area contributed by atoms with Gasteiger partial charge in [0.1, 0.15) is 6.61 Å². The molecule has 0 radical (unpaired) electrons. The van der Waals surface area contributed by atoms with Crippen LogP contribution in [0.5, 0.6) is 0 Å². The largest absolute Gasteiger partial charge is 0.378 e. The van der Waals surface area contributed by atoms with E-state index in [0.717, 1.165) is 32.2 Å². The Bertz CT molecular complexity index is 738. The lowest BCUT2D eigenvalue weighted by Crippen LogP contribution is -2.52. The standard InChI is InChI=1S/C21H32N4O5/c1-2-25-15-17(14-22-25)20(27)24-6-4-21(5-7-24)13-18(3-10-30-21)29-16-19(26)23-8-11-28-12-9-23/h14-15,18H,2-13,16H2,1H3. The fraction of sp³-hybridized carbons (Fsp3) is 0.762. The van der Waals surface area contributed by atoms with Crippen LogP contribution in [0.4, 0.5) is 0 Å². The zero-order valence-electron chi connectivity index (χ0n) is 17.8. The van der Waals surface area contributed by atoms with Crippen molar-refractivity contribution in [3.63, 3.8) is 0 Å². The molecule has 0 aromatic carbocycles. The van der Waals surface area contributed by atoms with Gasteiger partial charge in [0.15, 0.2) is 0 Å². The van der Waals surface area contributed by atoms with Crippen LogP contribution in [0, 0.1) is 0 Å². The van der Waals surface area contributed by atoms with E-state index in [2.05, 4.69) is 5.10 Å². The summed E-state index contributed by atoms with van der Waals surface area (Å²) in [4.78, 5) is 28.8. The molecule has 30 heavy (non-hydrogen) atoms. The van der Waals surface area contributed by atoms with Crippen molar-refractivity contribution >= 4 is 11.8 Å². The Morgan fingerprint density at radius 3 is 2.63 bits per heavy atom. The zero-order valence-corrected chi connectivity index (χ0v) is 17.8. The second-order valence-electron chi connectivity index (χ2n) is 8.33. The summed E-state index contributed by atoms with van der Waals surface area (Å²) in [5.74, 6) is 0.0659. The average molecular weight is 421 g/mol. The second kappa shape index (κ2) is 9.45. The summed E-state index contributed by atoms with van der Waals surface area (Å²) in [6, 6.07) is 0. The van der Waals surface area contributed by atoms with Crippen LogP contribution >= 0.6 is 0 Å². The molecule has 4 heterocycles. The summed E-state index contributed by atoms with van der Waals surface area (Å²) >= 11 is 0. The highest BCUT2D eigenvalue weighted by atomic mass is 16.5. The molecule has 0 bridgehead atoms. The lowest BCUT2D eigenvalue weighted by Gasteiger charge is -2.46. The smallest absolute Gasteiger partial charge is 0.257 e. The SMILES string of the molecule is CCn1cc(C(=O)N2CCC3(CC2)CC(OCC(=O)N2CCOCC2)CCO3)cn1. The van der Waals surface area contributed by atoms with Crippen LogP contribution in [0.1, 0.15) is 43.0 Å². The number of aryl methyl sites for hydroxylation is 1. The van der Waals surface area contributed by atoms with E-state index in [1.165, 1.54) is 0 Å². The predicted octanol–water partition coefficient (Wildman–Crippen LogP) is 0.932. The Morgan fingerprint density at radius 1 is 1.17 bits per heavy atom. The van der Waals surface area contributed by atoms with E-state index in [0.29, 0.717) is 51.6 Å². The fourth-order valence-corrected chi connectivity index (χ4v) is 4.51. The highest BCUT2D eigenvalue weighted by Gasteiger charge is 2.42.